The summed E-state index contributed by atoms with van der Waals surface area (Å²) in [5, 5.41) is 1.96. The van der Waals surface area contributed by atoms with Gasteiger partial charge in [-0.05, 0) is 24.3 Å². The maximum absolute atomic E-state index is 13.6. The predicted molar refractivity (Wildman–Crippen MR) is 76.6 cm³/mol. The summed E-state index contributed by atoms with van der Waals surface area (Å²) in [5.41, 5.74) is -0.142. The van der Waals surface area contributed by atoms with Crippen molar-refractivity contribution in [2.24, 2.45) is 0 Å². The Labute approximate surface area is 129 Å². The SMILES string of the molecule is O=C(Nc1ccc(S(=O)(=O)Cl)nc1)c1c(F)cccc1Cl. The monoisotopic (exact) mass is 348 g/mol. The topological polar surface area (TPSA) is 76.1 Å². The summed E-state index contributed by atoms with van der Waals surface area (Å²) < 4.78 is 35.6. The molecule has 0 saturated heterocycles. The zero-order chi connectivity index (χ0) is 15.6. The Morgan fingerprint density at radius 1 is 1.24 bits per heavy atom. The summed E-state index contributed by atoms with van der Waals surface area (Å²) in [7, 11) is 1.16. The Morgan fingerprint density at radius 2 is 1.95 bits per heavy atom. The van der Waals surface area contributed by atoms with Crippen LogP contribution in [0.15, 0.2) is 41.6 Å². The Morgan fingerprint density at radius 3 is 2.48 bits per heavy atom. The number of pyridine rings is 1. The molecule has 0 unspecified atom stereocenters. The third kappa shape index (κ3) is 3.69. The van der Waals surface area contributed by atoms with Crippen LogP contribution in [0.2, 0.25) is 5.02 Å². The molecule has 2 rings (SSSR count). The molecule has 0 aliphatic heterocycles. The Kier molecular flexibility index (Phi) is 4.46. The Balaban J connectivity index is 2.24. The van der Waals surface area contributed by atoms with E-state index in [1.165, 1.54) is 18.2 Å². The van der Waals surface area contributed by atoms with Gasteiger partial charge in [0.1, 0.15) is 5.82 Å². The molecule has 1 aromatic carbocycles. The van der Waals surface area contributed by atoms with E-state index in [2.05, 4.69) is 10.3 Å². The van der Waals surface area contributed by atoms with Gasteiger partial charge in [-0.3, -0.25) is 4.79 Å². The van der Waals surface area contributed by atoms with Gasteiger partial charge in [0.05, 0.1) is 22.5 Å². The summed E-state index contributed by atoms with van der Waals surface area (Å²) in [6, 6.07) is 6.23. The fourth-order valence-corrected chi connectivity index (χ4v) is 2.44. The van der Waals surface area contributed by atoms with Crippen molar-refractivity contribution in [2.75, 3.05) is 5.32 Å². The maximum Gasteiger partial charge on any atom is 0.278 e. The van der Waals surface area contributed by atoms with Gasteiger partial charge in [-0.15, -0.1) is 0 Å². The van der Waals surface area contributed by atoms with E-state index >= 15 is 0 Å². The Hall–Kier alpha value is -1.70. The molecule has 1 aromatic heterocycles. The second kappa shape index (κ2) is 5.97. The van der Waals surface area contributed by atoms with Crippen LogP contribution in [-0.4, -0.2) is 19.3 Å². The van der Waals surface area contributed by atoms with Crippen LogP contribution >= 0.6 is 22.3 Å². The number of nitrogens with zero attached hydrogens (tertiary/aromatic N) is 1. The van der Waals surface area contributed by atoms with E-state index in [-0.39, 0.29) is 21.3 Å². The van der Waals surface area contributed by atoms with Gasteiger partial charge >= 0.3 is 0 Å². The quantitative estimate of drug-likeness (QED) is 0.864. The smallest absolute Gasteiger partial charge is 0.278 e. The van der Waals surface area contributed by atoms with Gasteiger partial charge in [-0.1, -0.05) is 17.7 Å². The third-order valence-electron chi connectivity index (χ3n) is 2.43. The minimum absolute atomic E-state index is 0.0413. The number of benzene rings is 1. The average molecular weight is 349 g/mol. The lowest BCUT2D eigenvalue weighted by Gasteiger charge is -2.07. The number of carbonyl (C=O) groups is 1. The molecule has 9 heteroatoms. The van der Waals surface area contributed by atoms with Crippen molar-refractivity contribution in [3.63, 3.8) is 0 Å². The van der Waals surface area contributed by atoms with Crippen molar-refractivity contribution in [3.05, 3.63) is 52.9 Å². The van der Waals surface area contributed by atoms with Gasteiger partial charge in [0.25, 0.3) is 15.0 Å². The summed E-state index contributed by atoms with van der Waals surface area (Å²) in [4.78, 5) is 15.5. The summed E-state index contributed by atoms with van der Waals surface area (Å²) in [5.74, 6) is -1.55. The van der Waals surface area contributed by atoms with Crippen LogP contribution in [0.3, 0.4) is 0 Å². The first-order valence-electron chi connectivity index (χ1n) is 5.45. The van der Waals surface area contributed by atoms with Gasteiger partial charge in [-0.25, -0.2) is 17.8 Å². The molecule has 0 aliphatic carbocycles. The number of anilines is 1. The van der Waals surface area contributed by atoms with Crippen LogP contribution < -0.4 is 5.32 Å². The summed E-state index contributed by atoms with van der Waals surface area (Å²) in [6.45, 7) is 0. The molecule has 0 radical (unpaired) electrons. The van der Waals surface area contributed by atoms with Gasteiger partial charge in [-0.2, -0.15) is 0 Å². The van der Waals surface area contributed by atoms with Crippen LogP contribution in [0.5, 0.6) is 0 Å². The standard InChI is InChI=1S/C12H7Cl2FN2O3S/c13-8-2-1-3-9(15)11(8)12(18)17-7-4-5-10(16-6-7)21(14,19)20/h1-6H,(H,17,18). The fourth-order valence-electron chi connectivity index (χ4n) is 1.51. The number of hydrogen-bond donors (Lipinski definition) is 1. The van der Waals surface area contributed by atoms with Crippen molar-refractivity contribution in [1.29, 1.82) is 0 Å². The first-order valence-corrected chi connectivity index (χ1v) is 8.14. The van der Waals surface area contributed by atoms with Crippen LogP contribution in [0.25, 0.3) is 0 Å². The maximum atomic E-state index is 13.6. The van der Waals surface area contributed by atoms with Crippen molar-refractivity contribution < 1.29 is 17.6 Å². The third-order valence-corrected chi connectivity index (χ3v) is 3.96. The van der Waals surface area contributed by atoms with Gasteiger partial charge < -0.3 is 5.32 Å². The molecule has 0 aliphatic rings. The highest BCUT2D eigenvalue weighted by molar-refractivity contribution is 8.13. The number of hydrogen-bond acceptors (Lipinski definition) is 4. The molecule has 0 fully saturated rings. The highest BCUT2D eigenvalue weighted by Crippen LogP contribution is 2.21. The van der Waals surface area contributed by atoms with E-state index in [1.807, 2.05) is 0 Å². The van der Waals surface area contributed by atoms with Crippen molar-refractivity contribution in [2.45, 2.75) is 5.03 Å². The highest BCUT2D eigenvalue weighted by atomic mass is 35.7. The van der Waals surface area contributed by atoms with Crippen LogP contribution in [0, 0.1) is 5.82 Å². The number of carbonyl (C=O) groups excluding carboxylic acids is 1. The van der Waals surface area contributed by atoms with E-state index in [1.54, 1.807) is 0 Å². The van der Waals surface area contributed by atoms with Crippen molar-refractivity contribution in [1.82, 2.24) is 4.98 Å². The van der Waals surface area contributed by atoms with E-state index in [4.69, 9.17) is 22.3 Å². The van der Waals surface area contributed by atoms with Gasteiger partial charge in [0, 0.05) is 10.7 Å². The lowest BCUT2D eigenvalue weighted by atomic mass is 10.2. The van der Waals surface area contributed by atoms with E-state index < -0.39 is 20.8 Å². The zero-order valence-corrected chi connectivity index (χ0v) is 12.5. The van der Waals surface area contributed by atoms with Crippen molar-refractivity contribution >= 4 is 42.9 Å². The molecule has 2 aromatic rings. The van der Waals surface area contributed by atoms with E-state index in [0.717, 1.165) is 18.3 Å². The lowest BCUT2D eigenvalue weighted by Crippen LogP contribution is -2.14. The predicted octanol–water partition coefficient (Wildman–Crippen LogP) is 3.05. The van der Waals surface area contributed by atoms with Gasteiger partial charge in [0.15, 0.2) is 5.03 Å². The molecule has 1 amide bonds. The first kappa shape index (κ1) is 15.7. The highest BCUT2D eigenvalue weighted by Gasteiger charge is 2.17. The minimum Gasteiger partial charge on any atom is -0.320 e. The molecule has 1 heterocycles. The number of halogens is 3. The second-order valence-electron chi connectivity index (χ2n) is 3.87. The van der Waals surface area contributed by atoms with Crippen LogP contribution in [0.1, 0.15) is 10.4 Å². The van der Waals surface area contributed by atoms with E-state index in [9.17, 15) is 17.6 Å². The van der Waals surface area contributed by atoms with Crippen LogP contribution in [0.4, 0.5) is 10.1 Å². The van der Waals surface area contributed by atoms with Crippen molar-refractivity contribution in [3.8, 4) is 0 Å². The van der Waals surface area contributed by atoms with Crippen LogP contribution in [-0.2, 0) is 9.05 Å². The number of rotatable bonds is 3. The second-order valence-corrected chi connectivity index (χ2v) is 6.79. The number of amides is 1. The molecule has 110 valence electrons. The molecule has 5 nitrogen and oxygen atoms in total. The largest absolute Gasteiger partial charge is 0.320 e. The first-order chi connectivity index (χ1) is 9.79. The molecular weight excluding hydrogens is 342 g/mol. The molecule has 0 atom stereocenters. The average Bonchev–Trinajstić information content (AvgIpc) is 2.38. The van der Waals surface area contributed by atoms with Gasteiger partial charge in [0.2, 0.25) is 0 Å². The molecule has 21 heavy (non-hydrogen) atoms. The molecule has 0 saturated carbocycles. The molecule has 0 bridgehead atoms. The minimum atomic E-state index is -3.95. The number of aromatic nitrogens is 1. The molecular formula is C12H7Cl2FN2O3S. The summed E-state index contributed by atoms with van der Waals surface area (Å²) in [6.07, 6.45) is 1.09. The molecule has 1 N–H and O–H groups in total. The normalized spacial score (nSPS) is 11.2. The zero-order valence-electron chi connectivity index (χ0n) is 10.2. The number of nitrogens with one attached hydrogen (secondary N) is 1. The molecule has 0 spiro atoms. The Bertz CT molecular complexity index is 774. The van der Waals surface area contributed by atoms with E-state index in [0.29, 0.717) is 0 Å². The summed E-state index contributed by atoms with van der Waals surface area (Å²) >= 11 is 5.76. The fraction of sp³-hybridized carbons (Fsp3) is 0. The lowest BCUT2D eigenvalue weighted by molar-refractivity contribution is 0.102.